The maximum Gasteiger partial charge on any atom is 0.252 e. The van der Waals surface area contributed by atoms with Gasteiger partial charge in [-0.1, -0.05) is 26.0 Å². The van der Waals surface area contributed by atoms with Crippen LogP contribution in [0.15, 0.2) is 36.5 Å². The zero-order valence-electron chi connectivity index (χ0n) is 11.3. The summed E-state index contributed by atoms with van der Waals surface area (Å²) in [4.78, 5) is 16.4. The Labute approximate surface area is 113 Å². The molecule has 1 heterocycles. The molecule has 0 bridgehead atoms. The minimum atomic E-state index is -0.0517. The summed E-state index contributed by atoms with van der Waals surface area (Å²) in [7, 11) is 0. The molecule has 1 aromatic heterocycles. The predicted octanol–water partition coefficient (Wildman–Crippen LogP) is 1.96. The molecular weight excluding hydrogens is 238 g/mol. The summed E-state index contributed by atoms with van der Waals surface area (Å²) in [6.45, 7) is 5.55. The second-order valence-electron chi connectivity index (χ2n) is 4.74. The van der Waals surface area contributed by atoms with E-state index in [0.717, 1.165) is 17.4 Å². The first-order valence-electron chi connectivity index (χ1n) is 6.54. The van der Waals surface area contributed by atoms with Crippen molar-refractivity contribution in [2.75, 3.05) is 13.1 Å². The zero-order valence-corrected chi connectivity index (χ0v) is 11.3. The number of amides is 1. The lowest BCUT2D eigenvalue weighted by Crippen LogP contribution is -2.34. The van der Waals surface area contributed by atoms with Crippen LogP contribution >= 0.6 is 0 Å². The summed E-state index contributed by atoms with van der Waals surface area (Å²) in [5.41, 5.74) is 1.52. The molecule has 4 nitrogen and oxygen atoms in total. The minimum absolute atomic E-state index is 0.0517. The van der Waals surface area contributed by atoms with E-state index in [0.29, 0.717) is 18.2 Å². The van der Waals surface area contributed by atoms with Gasteiger partial charge in [0.25, 0.3) is 5.91 Å². The number of hydrogen-bond donors (Lipinski definition) is 2. The van der Waals surface area contributed by atoms with Gasteiger partial charge in [0.05, 0.1) is 5.52 Å². The van der Waals surface area contributed by atoms with Crippen molar-refractivity contribution >= 4 is 16.8 Å². The largest absolute Gasteiger partial charge is 0.351 e. The van der Waals surface area contributed by atoms with Crippen molar-refractivity contribution in [2.45, 2.75) is 19.9 Å². The summed E-state index contributed by atoms with van der Waals surface area (Å²) >= 11 is 0. The fourth-order valence-corrected chi connectivity index (χ4v) is 1.93. The second kappa shape index (κ2) is 6.29. The van der Waals surface area contributed by atoms with Crippen LogP contribution in [0.4, 0.5) is 0 Å². The Kier molecular flexibility index (Phi) is 4.47. The van der Waals surface area contributed by atoms with Crippen LogP contribution in [0, 0.1) is 0 Å². The topological polar surface area (TPSA) is 54.0 Å². The average Bonchev–Trinajstić information content (AvgIpc) is 2.42. The number of pyridine rings is 1. The maximum absolute atomic E-state index is 12.1. The molecule has 0 aliphatic heterocycles. The quantitative estimate of drug-likeness (QED) is 0.805. The first kappa shape index (κ1) is 13.5. The second-order valence-corrected chi connectivity index (χ2v) is 4.74. The molecule has 0 aliphatic rings. The van der Waals surface area contributed by atoms with Crippen LogP contribution in [0.25, 0.3) is 10.9 Å². The van der Waals surface area contributed by atoms with E-state index in [9.17, 15) is 4.79 Å². The normalized spacial score (nSPS) is 10.9. The summed E-state index contributed by atoms with van der Waals surface area (Å²) in [5.74, 6) is -0.0517. The maximum atomic E-state index is 12.1. The highest BCUT2D eigenvalue weighted by molar-refractivity contribution is 6.06. The van der Waals surface area contributed by atoms with E-state index >= 15 is 0 Å². The van der Waals surface area contributed by atoms with E-state index in [4.69, 9.17) is 0 Å². The van der Waals surface area contributed by atoms with Crippen LogP contribution in [0.2, 0.25) is 0 Å². The van der Waals surface area contributed by atoms with Gasteiger partial charge in [-0.2, -0.15) is 0 Å². The highest BCUT2D eigenvalue weighted by Crippen LogP contribution is 2.15. The van der Waals surface area contributed by atoms with Gasteiger partial charge >= 0.3 is 0 Å². The number of nitrogens with one attached hydrogen (secondary N) is 2. The van der Waals surface area contributed by atoms with Crippen LogP contribution in [-0.4, -0.2) is 30.0 Å². The molecule has 0 aliphatic carbocycles. The number of carbonyl (C=O) groups is 1. The molecule has 19 heavy (non-hydrogen) atoms. The number of aromatic nitrogens is 1. The van der Waals surface area contributed by atoms with Gasteiger partial charge in [-0.05, 0) is 18.2 Å². The van der Waals surface area contributed by atoms with Crippen LogP contribution in [0.3, 0.4) is 0 Å². The molecule has 2 aromatic rings. The molecule has 1 aromatic carbocycles. The van der Waals surface area contributed by atoms with Gasteiger partial charge in [-0.3, -0.25) is 9.78 Å². The number of nitrogens with zero attached hydrogens (tertiary/aromatic N) is 1. The van der Waals surface area contributed by atoms with E-state index in [1.807, 2.05) is 30.3 Å². The van der Waals surface area contributed by atoms with Crippen LogP contribution < -0.4 is 10.6 Å². The van der Waals surface area contributed by atoms with Gasteiger partial charge in [0.15, 0.2) is 0 Å². The number of benzene rings is 1. The molecular formula is C15H19N3O. The summed E-state index contributed by atoms with van der Waals surface area (Å²) < 4.78 is 0. The molecule has 100 valence electrons. The Bertz CT molecular complexity index is 561. The van der Waals surface area contributed by atoms with Crippen molar-refractivity contribution in [2.24, 2.45) is 0 Å². The van der Waals surface area contributed by atoms with Crippen molar-refractivity contribution in [1.29, 1.82) is 0 Å². The molecule has 0 saturated heterocycles. The van der Waals surface area contributed by atoms with Crippen molar-refractivity contribution in [3.63, 3.8) is 0 Å². The molecule has 0 unspecified atom stereocenters. The smallest absolute Gasteiger partial charge is 0.252 e. The fourth-order valence-electron chi connectivity index (χ4n) is 1.93. The molecule has 0 saturated carbocycles. The number of hydrogen-bond acceptors (Lipinski definition) is 3. The van der Waals surface area contributed by atoms with Gasteiger partial charge < -0.3 is 10.6 Å². The van der Waals surface area contributed by atoms with Gasteiger partial charge in [0, 0.05) is 36.3 Å². The van der Waals surface area contributed by atoms with E-state index in [1.54, 1.807) is 6.20 Å². The first-order chi connectivity index (χ1) is 9.18. The number of carbonyl (C=O) groups excluding carboxylic acids is 1. The van der Waals surface area contributed by atoms with E-state index in [2.05, 4.69) is 29.5 Å². The summed E-state index contributed by atoms with van der Waals surface area (Å²) in [5, 5.41) is 7.07. The lowest BCUT2D eigenvalue weighted by Gasteiger charge is -2.10. The Morgan fingerprint density at radius 1 is 1.21 bits per heavy atom. The van der Waals surface area contributed by atoms with Gasteiger partial charge in [0.1, 0.15) is 0 Å². The number of rotatable bonds is 5. The van der Waals surface area contributed by atoms with Crippen molar-refractivity contribution in [3.8, 4) is 0 Å². The van der Waals surface area contributed by atoms with Crippen LogP contribution in [0.1, 0.15) is 24.2 Å². The third kappa shape index (κ3) is 3.51. The third-order valence-corrected chi connectivity index (χ3v) is 2.85. The molecule has 4 heteroatoms. The Morgan fingerprint density at radius 2 is 2.05 bits per heavy atom. The third-order valence-electron chi connectivity index (χ3n) is 2.85. The van der Waals surface area contributed by atoms with Crippen molar-refractivity contribution in [3.05, 3.63) is 42.1 Å². The zero-order chi connectivity index (χ0) is 13.7. The molecule has 0 radical (unpaired) electrons. The van der Waals surface area contributed by atoms with E-state index in [-0.39, 0.29) is 5.91 Å². The van der Waals surface area contributed by atoms with Crippen LogP contribution in [-0.2, 0) is 0 Å². The molecule has 2 rings (SSSR count). The lowest BCUT2D eigenvalue weighted by atomic mass is 10.1. The van der Waals surface area contributed by atoms with Crippen LogP contribution in [0.5, 0.6) is 0 Å². The van der Waals surface area contributed by atoms with Gasteiger partial charge in [0.2, 0.25) is 0 Å². The lowest BCUT2D eigenvalue weighted by molar-refractivity contribution is 0.0955. The molecule has 0 atom stereocenters. The molecule has 1 amide bonds. The summed E-state index contributed by atoms with van der Waals surface area (Å²) in [6, 6.07) is 9.79. The van der Waals surface area contributed by atoms with Crippen molar-refractivity contribution in [1.82, 2.24) is 15.6 Å². The predicted molar refractivity (Wildman–Crippen MR) is 77.2 cm³/mol. The summed E-state index contributed by atoms with van der Waals surface area (Å²) in [6.07, 6.45) is 1.73. The highest BCUT2D eigenvalue weighted by atomic mass is 16.1. The first-order valence-corrected chi connectivity index (χ1v) is 6.54. The molecule has 0 spiro atoms. The minimum Gasteiger partial charge on any atom is -0.351 e. The fraction of sp³-hybridized carbons (Fsp3) is 0.333. The molecule has 2 N–H and O–H groups in total. The Morgan fingerprint density at radius 3 is 2.84 bits per heavy atom. The average molecular weight is 257 g/mol. The Hall–Kier alpha value is -1.94. The standard InChI is InChI=1S/C15H19N3O/c1-11(2)16-9-10-18-15(19)13-5-3-7-14-12(13)6-4-8-17-14/h3-8,11,16H,9-10H2,1-2H3,(H,18,19). The van der Waals surface area contributed by atoms with E-state index < -0.39 is 0 Å². The SMILES string of the molecule is CC(C)NCCNC(=O)c1cccc2ncccc12. The van der Waals surface area contributed by atoms with Gasteiger partial charge in [-0.25, -0.2) is 0 Å². The van der Waals surface area contributed by atoms with Crippen molar-refractivity contribution < 1.29 is 4.79 Å². The Balaban J connectivity index is 2.05. The monoisotopic (exact) mass is 257 g/mol. The van der Waals surface area contributed by atoms with Gasteiger partial charge in [-0.15, -0.1) is 0 Å². The molecule has 0 fully saturated rings. The number of fused-ring (bicyclic) bond motifs is 1. The van der Waals surface area contributed by atoms with E-state index in [1.165, 1.54) is 0 Å². The highest BCUT2D eigenvalue weighted by Gasteiger charge is 2.09.